The van der Waals surface area contributed by atoms with Crippen molar-refractivity contribution >= 4 is 10.2 Å². The number of halogens is 1. The number of rotatable bonds is 2. The van der Waals surface area contributed by atoms with Gasteiger partial charge in [-0.05, 0) is 0 Å². The molecule has 0 spiro atoms. The topological polar surface area (TPSA) is 134 Å². The number of allylic oxidation sites excluding steroid dienone is 3. The molecule has 1 radical (unpaired) electrons. The second-order valence-corrected chi connectivity index (χ2v) is 0.926. The van der Waals surface area contributed by atoms with Crippen LogP contribution in [0.5, 0.6) is 0 Å². The molecule has 0 saturated carbocycles. The van der Waals surface area contributed by atoms with Gasteiger partial charge in [-0.3, -0.25) is 12.7 Å². The van der Waals surface area contributed by atoms with E-state index in [4.69, 9.17) is 0 Å². The van der Waals surface area contributed by atoms with Crippen molar-refractivity contribution in [1.29, 1.82) is 0 Å². The van der Waals surface area contributed by atoms with E-state index in [1.54, 1.807) is 6.08 Å². The van der Waals surface area contributed by atoms with E-state index in [9.17, 15) is 0 Å². The van der Waals surface area contributed by atoms with E-state index >= 15 is 0 Å². The van der Waals surface area contributed by atoms with Crippen molar-refractivity contribution in [3.63, 3.8) is 0 Å². The van der Waals surface area contributed by atoms with Crippen LogP contribution < -0.4 is 0 Å². The average molecular weight is 312 g/mol. The van der Waals surface area contributed by atoms with Crippen LogP contribution in [0, 0.1) is 20.4 Å². The van der Waals surface area contributed by atoms with Crippen molar-refractivity contribution in [2.45, 2.75) is 6.42 Å². The van der Waals surface area contributed by atoms with Gasteiger partial charge in [-0.2, -0.15) is 0 Å². The van der Waals surface area contributed by atoms with Crippen LogP contribution in [-0.4, -0.2) is 0 Å². The Bertz CT molecular complexity index is 74.7. The Hall–Kier alpha value is 0.467. The van der Waals surface area contributed by atoms with Gasteiger partial charge in [-0.15, -0.1) is 0 Å². The Balaban J connectivity index is -0.00000000708. The summed E-state index contributed by atoms with van der Waals surface area (Å²) in [5.74, 6) is 0. The molecule has 0 amide bonds. The molecule has 0 rings (SSSR count). The molecule has 0 heterocycles. The number of hydrogen-bond acceptors (Lipinski definition) is 0. The van der Waals surface area contributed by atoms with E-state index < -0.39 is 0 Å². The van der Waals surface area contributed by atoms with Gasteiger partial charge in [-0.25, -0.2) is 19.4 Å². The summed E-state index contributed by atoms with van der Waals surface area (Å²) in [5.41, 5.74) is 0. The Labute approximate surface area is 111 Å². The SMILES string of the molecule is C=[C-]C/C=C\[CH2-].[CH3-].[Cl][Ni].[NH2-].[NH2-].[NH2-].[NH2-].[Ni+3]. The standard InChI is InChI=1S/C6H8.CH3.ClH.4H2N.2Ni/c1-3-5-6-4-2;;;;;;;;/h3,5H,1-2,6H2;1H3;1H;4*1H2;;/q-2;-1;;4*-1;+1;+3/p-1/b5-3-;;;;;;;;. The van der Waals surface area contributed by atoms with Crippen LogP contribution in [0.3, 0.4) is 0 Å². The maximum absolute atomic E-state index is 4.26. The zero-order valence-corrected chi connectivity index (χ0v) is 10.8. The quantitative estimate of drug-likeness (QED) is 0.452. The van der Waals surface area contributed by atoms with Gasteiger partial charge in [0.15, 0.2) is 0 Å². The molecule has 0 aliphatic carbocycles. The molecule has 0 aromatic rings. The molecule has 0 aliphatic heterocycles. The Morgan fingerprint density at radius 2 is 1.50 bits per heavy atom. The molecular formula is C7H19ClN4Ni2-4. The second kappa shape index (κ2) is 105. The van der Waals surface area contributed by atoms with Crippen LogP contribution >= 0.6 is 10.2 Å². The molecule has 0 aliphatic rings. The van der Waals surface area contributed by atoms with Crippen molar-refractivity contribution in [3.8, 4) is 0 Å². The molecule has 0 atom stereocenters. The third-order valence-electron chi connectivity index (χ3n) is 0.429. The van der Waals surface area contributed by atoms with Crippen molar-refractivity contribution in [2.75, 3.05) is 0 Å². The van der Waals surface area contributed by atoms with E-state index in [1.165, 1.54) is 0 Å². The van der Waals surface area contributed by atoms with Gasteiger partial charge in [0.1, 0.15) is 0 Å². The van der Waals surface area contributed by atoms with Gasteiger partial charge in [-0.1, -0.05) is 0 Å². The van der Waals surface area contributed by atoms with Crippen molar-refractivity contribution in [3.05, 3.63) is 63.8 Å². The molecule has 0 fully saturated rings. The summed E-state index contributed by atoms with van der Waals surface area (Å²) in [6, 6.07) is 0. The Morgan fingerprint density at radius 1 is 1.21 bits per heavy atom. The van der Waals surface area contributed by atoms with Crippen molar-refractivity contribution in [1.82, 2.24) is 0 Å². The Kier molecular flexibility index (Phi) is 470. The average Bonchev–Trinajstić information content (AvgIpc) is 1.88. The summed E-state index contributed by atoms with van der Waals surface area (Å²) in [4.78, 5) is 0. The zero-order chi connectivity index (χ0) is 6.83. The fourth-order valence-electron chi connectivity index (χ4n) is 0.167. The Morgan fingerprint density at radius 3 is 1.57 bits per heavy atom. The molecular weight excluding hydrogens is 293 g/mol. The van der Waals surface area contributed by atoms with E-state index in [2.05, 4.69) is 44.3 Å². The molecule has 98 valence electrons. The first-order valence-corrected chi connectivity index (χ1v) is 3.34. The van der Waals surface area contributed by atoms with Gasteiger partial charge >= 0.3 is 41.3 Å². The molecule has 8 N–H and O–H groups in total. The third-order valence-corrected chi connectivity index (χ3v) is 0.429. The number of nitrogens with two attached hydrogens (primary N) is 4. The summed E-state index contributed by atoms with van der Waals surface area (Å²) in [6.45, 7) is 6.87. The van der Waals surface area contributed by atoms with Gasteiger partial charge in [0, 0.05) is 0 Å². The van der Waals surface area contributed by atoms with Gasteiger partial charge in [0.05, 0.1) is 0 Å². The molecule has 7 heteroatoms. The van der Waals surface area contributed by atoms with Gasteiger partial charge < -0.3 is 38.1 Å². The van der Waals surface area contributed by atoms with E-state index in [0.717, 1.165) is 6.42 Å². The smallest absolute Gasteiger partial charge is 0.693 e. The predicted molar refractivity (Wildman–Crippen MR) is 61.4 cm³/mol. The summed E-state index contributed by atoms with van der Waals surface area (Å²) >= 11 is 3.35. The van der Waals surface area contributed by atoms with Gasteiger partial charge in [0.25, 0.3) is 0 Å². The van der Waals surface area contributed by atoms with Crippen molar-refractivity contribution in [2.24, 2.45) is 0 Å². The fourth-order valence-corrected chi connectivity index (χ4v) is 0.167. The van der Waals surface area contributed by atoms with Crippen LogP contribution in [0.4, 0.5) is 0 Å². The van der Waals surface area contributed by atoms with E-state index in [-0.39, 0.29) is 48.5 Å². The largest absolute Gasteiger partial charge is 3.00 e. The normalized spacial score (nSPS) is 4.50. The minimum atomic E-state index is 0. The van der Waals surface area contributed by atoms with Crippen LogP contribution in [0.25, 0.3) is 24.6 Å². The monoisotopic (exact) mass is 310 g/mol. The zero-order valence-electron chi connectivity index (χ0n) is 8.10. The fraction of sp³-hybridized carbons (Fsp3) is 0.143. The summed E-state index contributed by atoms with van der Waals surface area (Å²) < 4.78 is 0. The molecule has 0 saturated heterocycles. The van der Waals surface area contributed by atoms with E-state index in [0.29, 0.717) is 0 Å². The van der Waals surface area contributed by atoms with Crippen LogP contribution in [0.15, 0.2) is 18.7 Å². The third kappa shape index (κ3) is 136. The molecule has 14 heavy (non-hydrogen) atoms. The first kappa shape index (κ1) is 62.7. The summed E-state index contributed by atoms with van der Waals surface area (Å²) in [7, 11) is 4.26. The minimum Gasteiger partial charge on any atom is -0.693 e. The predicted octanol–water partition coefficient (Wildman–Crippen LogP) is 5.76. The molecule has 0 aromatic carbocycles. The maximum Gasteiger partial charge on any atom is 3.00 e. The molecule has 0 bridgehead atoms. The molecule has 0 unspecified atom stereocenters. The second-order valence-electron chi connectivity index (χ2n) is 0.926. The van der Waals surface area contributed by atoms with E-state index in [1.807, 2.05) is 6.08 Å². The van der Waals surface area contributed by atoms with Crippen LogP contribution in [0.2, 0.25) is 0 Å². The first-order chi connectivity index (χ1) is 3.91. The number of hydrogen-bond donors (Lipinski definition) is 0. The maximum atomic E-state index is 4.26. The first-order valence-electron chi connectivity index (χ1n) is 1.98. The summed E-state index contributed by atoms with van der Waals surface area (Å²) in [6.07, 6.45) is 7.13. The minimum absolute atomic E-state index is 0. The molecule has 4 nitrogen and oxygen atoms in total. The van der Waals surface area contributed by atoms with Crippen LogP contribution in [-0.2, 0) is 31.1 Å². The van der Waals surface area contributed by atoms with Gasteiger partial charge in [0.2, 0.25) is 0 Å². The van der Waals surface area contributed by atoms with Crippen molar-refractivity contribution < 1.29 is 31.1 Å². The molecule has 0 aromatic heterocycles. The summed E-state index contributed by atoms with van der Waals surface area (Å²) in [5, 5.41) is 0. The van der Waals surface area contributed by atoms with Crippen LogP contribution in [0.1, 0.15) is 6.42 Å².